The zero-order valence-electron chi connectivity index (χ0n) is 12.4. The van der Waals surface area contributed by atoms with Crippen molar-refractivity contribution in [1.82, 2.24) is 9.78 Å². The van der Waals surface area contributed by atoms with Crippen LogP contribution in [0.15, 0.2) is 24.3 Å². The first-order chi connectivity index (χ1) is 9.51. The number of nitrogens with two attached hydrogens (primary N) is 1. The molecule has 5 nitrogen and oxygen atoms in total. The number of hydrogen-bond donors (Lipinski definition) is 1. The van der Waals surface area contributed by atoms with Gasteiger partial charge in [-0.05, 0) is 26.0 Å². The average molecular weight is 275 g/mol. The minimum absolute atomic E-state index is 0.0934. The van der Waals surface area contributed by atoms with Gasteiger partial charge >= 0.3 is 0 Å². The van der Waals surface area contributed by atoms with Crippen molar-refractivity contribution in [3.8, 4) is 11.5 Å². The number of benzene rings is 1. The van der Waals surface area contributed by atoms with Gasteiger partial charge in [0.15, 0.2) is 0 Å². The van der Waals surface area contributed by atoms with Crippen LogP contribution in [0.3, 0.4) is 0 Å². The molecule has 2 N–H and O–H groups in total. The standard InChI is InChI=1S/C15H21N3O2/c1-10-7-12(18(3)17-10)9-20-15-8-13(19-4)5-6-14(15)11(2)16/h5-8,11H,9,16H2,1-4H3/t11-/m1/s1. The van der Waals surface area contributed by atoms with E-state index in [-0.39, 0.29) is 6.04 Å². The predicted octanol–water partition coefficient (Wildman–Crippen LogP) is 2.34. The third-order valence-corrected chi connectivity index (χ3v) is 3.19. The van der Waals surface area contributed by atoms with Crippen molar-refractivity contribution in [2.45, 2.75) is 26.5 Å². The van der Waals surface area contributed by atoms with E-state index in [0.29, 0.717) is 6.61 Å². The summed E-state index contributed by atoms with van der Waals surface area (Å²) in [5.41, 5.74) is 8.92. The van der Waals surface area contributed by atoms with Crippen molar-refractivity contribution in [3.63, 3.8) is 0 Å². The Bertz CT molecular complexity index is 591. The molecule has 0 aliphatic carbocycles. The van der Waals surface area contributed by atoms with Gasteiger partial charge in [0.2, 0.25) is 0 Å². The number of rotatable bonds is 5. The highest BCUT2D eigenvalue weighted by molar-refractivity contribution is 5.42. The number of aromatic nitrogens is 2. The Kier molecular flexibility index (Phi) is 4.29. The summed E-state index contributed by atoms with van der Waals surface area (Å²) in [6, 6.07) is 7.60. The number of aryl methyl sites for hydroxylation is 2. The monoisotopic (exact) mass is 275 g/mol. The van der Waals surface area contributed by atoms with Crippen LogP contribution in [-0.4, -0.2) is 16.9 Å². The van der Waals surface area contributed by atoms with Crippen LogP contribution in [0.2, 0.25) is 0 Å². The van der Waals surface area contributed by atoms with Crippen molar-refractivity contribution < 1.29 is 9.47 Å². The molecule has 5 heteroatoms. The molecule has 0 aliphatic rings. The lowest BCUT2D eigenvalue weighted by Gasteiger charge is -2.15. The summed E-state index contributed by atoms with van der Waals surface area (Å²) in [7, 11) is 3.54. The maximum atomic E-state index is 5.97. The van der Waals surface area contributed by atoms with E-state index in [1.165, 1.54) is 0 Å². The Morgan fingerprint density at radius 3 is 2.65 bits per heavy atom. The Morgan fingerprint density at radius 1 is 1.35 bits per heavy atom. The molecule has 0 saturated heterocycles. The molecule has 0 aliphatic heterocycles. The Morgan fingerprint density at radius 2 is 2.10 bits per heavy atom. The number of hydrogen-bond acceptors (Lipinski definition) is 4. The van der Waals surface area contributed by atoms with E-state index in [2.05, 4.69) is 5.10 Å². The first-order valence-corrected chi connectivity index (χ1v) is 6.57. The molecule has 1 atom stereocenters. The van der Waals surface area contributed by atoms with Gasteiger partial charge in [-0.1, -0.05) is 6.07 Å². The highest BCUT2D eigenvalue weighted by atomic mass is 16.5. The highest BCUT2D eigenvalue weighted by Gasteiger charge is 2.11. The summed E-state index contributed by atoms with van der Waals surface area (Å²) in [4.78, 5) is 0. The zero-order chi connectivity index (χ0) is 14.7. The summed E-state index contributed by atoms with van der Waals surface area (Å²) >= 11 is 0. The molecule has 0 fully saturated rings. The molecule has 0 unspecified atom stereocenters. The quantitative estimate of drug-likeness (QED) is 0.909. The molecular weight excluding hydrogens is 254 g/mol. The molecule has 108 valence electrons. The summed E-state index contributed by atoms with van der Waals surface area (Å²) in [6.45, 7) is 4.34. The minimum atomic E-state index is -0.0934. The molecule has 0 amide bonds. The van der Waals surface area contributed by atoms with Gasteiger partial charge in [0.1, 0.15) is 18.1 Å². The number of nitrogens with zero attached hydrogens (tertiary/aromatic N) is 2. The molecular formula is C15H21N3O2. The molecule has 0 spiro atoms. The van der Waals surface area contributed by atoms with Crippen molar-refractivity contribution >= 4 is 0 Å². The predicted molar refractivity (Wildman–Crippen MR) is 77.9 cm³/mol. The van der Waals surface area contributed by atoms with E-state index < -0.39 is 0 Å². The Hall–Kier alpha value is -2.01. The SMILES string of the molecule is COc1ccc([C@@H](C)N)c(OCc2cc(C)nn2C)c1. The van der Waals surface area contributed by atoms with Crippen molar-refractivity contribution in [2.75, 3.05) is 7.11 Å². The van der Waals surface area contributed by atoms with Crippen molar-refractivity contribution in [2.24, 2.45) is 12.8 Å². The second kappa shape index (κ2) is 5.96. The van der Waals surface area contributed by atoms with Gasteiger partial charge in [0.25, 0.3) is 0 Å². The fourth-order valence-electron chi connectivity index (χ4n) is 2.09. The van der Waals surface area contributed by atoms with Crippen LogP contribution >= 0.6 is 0 Å². The number of ether oxygens (including phenoxy) is 2. The third-order valence-electron chi connectivity index (χ3n) is 3.19. The average Bonchev–Trinajstić information content (AvgIpc) is 2.74. The minimum Gasteiger partial charge on any atom is -0.497 e. The van der Waals surface area contributed by atoms with E-state index in [9.17, 15) is 0 Å². The van der Waals surface area contributed by atoms with E-state index in [4.69, 9.17) is 15.2 Å². The van der Waals surface area contributed by atoms with Crippen LogP contribution in [0.25, 0.3) is 0 Å². The molecule has 1 aromatic heterocycles. The maximum Gasteiger partial charge on any atom is 0.130 e. The summed E-state index contributed by atoms with van der Waals surface area (Å²) in [6.07, 6.45) is 0. The fraction of sp³-hybridized carbons (Fsp3) is 0.400. The van der Waals surface area contributed by atoms with E-state index in [1.54, 1.807) is 7.11 Å². The van der Waals surface area contributed by atoms with Gasteiger partial charge in [-0.15, -0.1) is 0 Å². The van der Waals surface area contributed by atoms with Crippen LogP contribution < -0.4 is 15.2 Å². The van der Waals surface area contributed by atoms with Gasteiger partial charge in [0, 0.05) is 24.7 Å². The maximum absolute atomic E-state index is 5.97. The topological polar surface area (TPSA) is 62.3 Å². The first kappa shape index (κ1) is 14.4. The van der Waals surface area contributed by atoms with Crippen molar-refractivity contribution in [3.05, 3.63) is 41.2 Å². The third kappa shape index (κ3) is 3.11. The van der Waals surface area contributed by atoms with E-state index >= 15 is 0 Å². The largest absolute Gasteiger partial charge is 0.497 e. The summed E-state index contributed by atoms with van der Waals surface area (Å²) in [5.74, 6) is 1.50. The fourth-order valence-corrected chi connectivity index (χ4v) is 2.09. The lowest BCUT2D eigenvalue weighted by atomic mass is 10.1. The van der Waals surface area contributed by atoms with Crippen LogP contribution in [0.4, 0.5) is 0 Å². The molecule has 1 aromatic carbocycles. The lowest BCUT2D eigenvalue weighted by molar-refractivity contribution is 0.288. The van der Waals surface area contributed by atoms with Gasteiger partial charge in [-0.2, -0.15) is 5.10 Å². The normalized spacial score (nSPS) is 12.2. The molecule has 20 heavy (non-hydrogen) atoms. The summed E-state index contributed by atoms with van der Waals surface area (Å²) in [5, 5.41) is 4.30. The highest BCUT2D eigenvalue weighted by Crippen LogP contribution is 2.29. The Balaban J connectivity index is 2.21. The van der Waals surface area contributed by atoms with Gasteiger partial charge in [-0.3, -0.25) is 4.68 Å². The second-order valence-corrected chi connectivity index (χ2v) is 4.88. The molecule has 1 heterocycles. The second-order valence-electron chi connectivity index (χ2n) is 4.88. The van der Waals surface area contributed by atoms with Crippen LogP contribution in [0.1, 0.15) is 29.9 Å². The van der Waals surface area contributed by atoms with Gasteiger partial charge in [-0.25, -0.2) is 0 Å². The molecule has 0 bridgehead atoms. The van der Waals surface area contributed by atoms with Gasteiger partial charge < -0.3 is 15.2 Å². The molecule has 0 saturated carbocycles. The van der Waals surface area contributed by atoms with E-state index in [1.807, 2.05) is 49.8 Å². The lowest BCUT2D eigenvalue weighted by Crippen LogP contribution is -2.09. The molecule has 2 rings (SSSR count). The van der Waals surface area contributed by atoms with Crippen LogP contribution in [0, 0.1) is 6.92 Å². The van der Waals surface area contributed by atoms with Gasteiger partial charge in [0.05, 0.1) is 18.5 Å². The summed E-state index contributed by atoms with van der Waals surface area (Å²) < 4.78 is 13.0. The van der Waals surface area contributed by atoms with Crippen LogP contribution in [0.5, 0.6) is 11.5 Å². The van der Waals surface area contributed by atoms with Crippen molar-refractivity contribution in [1.29, 1.82) is 0 Å². The first-order valence-electron chi connectivity index (χ1n) is 6.57. The molecule has 2 aromatic rings. The van der Waals surface area contributed by atoms with Crippen LogP contribution in [-0.2, 0) is 13.7 Å². The smallest absolute Gasteiger partial charge is 0.130 e. The Labute approximate surface area is 119 Å². The van der Waals surface area contributed by atoms with E-state index in [0.717, 1.165) is 28.5 Å². The zero-order valence-corrected chi connectivity index (χ0v) is 12.4. The molecule has 0 radical (unpaired) electrons. The number of methoxy groups -OCH3 is 1.